The molecule has 1 heteroatoms. The van der Waals surface area contributed by atoms with E-state index in [0.29, 0.717) is 0 Å². The van der Waals surface area contributed by atoms with Gasteiger partial charge in [0.2, 0.25) is 0 Å². The van der Waals surface area contributed by atoms with Gasteiger partial charge in [-0.2, -0.15) is 0 Å². The van der Waals surface area contributed by atoms with Crippen LogP contribution in [0.4, 0.5) is 0 Å². The number of aromatic nitrogens is 1. The topological polar surface area (TPSA) is 15.8 Å². The molecule has 0 saturated heterocycles. The van der Waals surface area contributed by atoms with E-state index in [1.165, 1.54) is 33.3 Å². The van der Waals surface area contributed by atoms with Gasteiger partial charge in [-0.05, 0) is 40.8 Å². The van der Waals surface area contributed by atoms with Crippen molar-refractivity contribution in [2.75, 3.05) is 0 Å². The second-order valence-corrected chi connectivity index (χ2v) is 7.80. The lowest BCUT2D eigenvalue weighted by molar-refractivity contribution is 0.509. The summed E-state index contributed by atoms with van der Waals surface area (Å²) in [6.07, 6.45) is 3.51. The Balaban J connectivity index is 1.84. The van der Waals surface area contributed by atoms with E-state index in [9.17, 15) is 0 Å². The number of allylic oxidation sites excluding steroid dienone is 1. The zero-order chi connectivity index (χ0) is 15.8. The highest BCUT2D eigenvalue weighted by molar-refractivity contribution is 5.90. The second kappa shape index (κ2) is 3.97. The first-order valence-corrected chi connectivity index (χ1v) is 8.44. The lowest BCUT2D eigenvalue weighted by Gasteiger charge is -2.35. The van der Waals surface area contributed by atoms with Crippen molar-refractivity contribution in [3.8, 4) is 0 Å². The fourth-order valence-corrected chi connectivity index (χ4v) is 5.05. The average molecular weight is 299 g/mol. The van der Waals surface area contributed by atoms with Crippen molar-refractivity contribution in [2.24, 2.45) is 0 Å². The molecule has 2 aliphatic rings. The number of nitrogens with one attached hydrogen (secondary N) is 1. The minimum absolute atomic E-state index is 0.0975. The molecule has 0 fully saturated rings. The van der Waals surface area contributed by atoms with Crippen molar-refractivity contribution in [3.63, 3.8) is 0 Å². The molecule has 0 bridgehead atoms. The number of H-pyrrole nitrogens is 1. The predicted octanol–water partition coefficient (Wildman–Crippen LogP) is 5.36. The van der Waals surface area contributed by atoms with Crippen LogP contribution in [0.25, 0.3) is 17.0 Å². The van der Waals surface area contributed by atoms with Gasteiger partial charge in [-0.3, -0.25) is 0 Å². The molecule has 1 aromatic heterocycles. The van der Waals surface area contributed by atoms with Crippen molar-refractivity contribution >= 4 is 17.0 Å². The monoisotopic (exact) mass is 299 g/mol. The molecule has 23 heavy (non-hydrogen) atoms. The maximum atomic E-state index is 3.63. The van der Waals surface area contributed by atoms with E-state index >= 15 is 0 Å². The Morgan fingerprint density at radius 2 is 1.57 bits per heavy atom. The van der Waals surface area contributed by atoms with E-state index in [1.54, 1.807) is 5.57 Å². The first-order chi connectivity index (χ1) is 11.0. The Labute approximate surface area is 137 Å². The Morgan fingerprint density at radius 3 is 2.39 bits per heavy atom. The summed E-state index contributed by atoms with van der Waals surface area (Å²) in [6.45, 7) is 7.17. The first kappa shape index (κ1) is 13.2. The lowest BCUT2D eigenvalue weighted by Crippen LogP contribution is -2.31. The van der Waals surface area contributed by atoms with Gasteiger partial charge in [0.05, 0.1) is 0 Å². The molecular formula is C22H21N. The second-order valence-electron chi connectivity index (χ2n) is 7.80. The number of hydrogen-bond acceptors (Lipinski definition) is 0. The summed E-state index contributed by atoms with van der Waals surface area (Å²) in [5.74, 6) is 0. The lowest BCUT2D eigenvalue weighted by atomic mass is 9.68. The molecule has 1 N–H and O–H groups in total. The number of hydrogen-bond donors (Lipinski definition) is 1. The van der Waals surface area contributed by atoms with Crippen molar-refractivity contribution in [2.45, 2.75) is 38.0 Å². The number of aromatic amines is 1. The van der Waals surface area contributed by atoms with E-state index < -0.39 is 0 Å². The third-order valence-electron chi connectivity index (χ3n) is 6.13. The zero-order valence-corrected chi connectivity index (χ0v) is 13.9. The van der Waals surface area contributed by atoms with Gasteiger partial charge in [0, 0.05) is 27.4 Å². The van der Waals surface area contributed by atoms with Gasteiger partial charge in [0.15, 0.2) is 0 Å². The highest BCUT2D eigenvalue weighted by Gasteiger charge is 2.50. The molecule has 1 heterocycles. The molecule has 0 aliphatic heterocycles. The molecular weight excluding hydrogens is 278 g/mol. The van der Waals surface area contributed by atoms with Gasteiger partial charge in [0.1, 0.15) is 0 Å². The minimum atomic E-state index is 0.0975. The SMILES string of the molecule is CC1(C)C2=Cc3[nH]c4ccccc4c3CC2(C)c2ccccc21. The van der Waals surface area contributed by atoms with Crippen LogP contribution in [-0.4, -0.2) is 4.98 Å². The summed E-state index contributed by atoms with van der Waals surface area (Å²) in [7, 11) is 0. The van der Waals surface area contributed by atoms with Crippen LogP contribution in [0.5, 0.6) is 0 Å². The standard InChI is InChI=1S/C22H21N/c1-21(2)16-9-5-6-10-17(16)22(3)13-15-14-8-4-7-11-18(14)23-19(15)12-20(21)22/h4-12,23H,13H2,1-3H3. The van der Waals surface area contributed by atoms with E-state index in [0.717, 1.165) is 6.42 Å². The van der Waals surface area contributed by atoms with Crippen LogP contribution < -0.4 is 0 Å². The third-order valence-corrected chi connectivity index (χ3v) is 6.13. The van der Waals surface area contributed by atoms with Crippen LogP contribution in [0.1, 0.15) is 43.2 Å². The van der Waals surface area contributed by atoms with Crippen LogP contribution in [0, 0.1) is 0 Å². The van der Waals surface area contributed by atoms with E-state index in [2.05, 4.69) is 80.4 Å². The Morgan fingerprint density at radius 1 is 0.870 bits per heavy atom. The molecule has 5 rings (SSSR count). The fourth-order valence-electron chi connectivity index (χ4n) is 5.05. The molecule has 0 spiro atoms. The molecule has 2 aromatic carbocycles. The fraction of sp³-hybridized carbons (Fsp3) is 0.273. The van der Waals surface area contributed by atoms with Gasteiger partial charge in [-0.25, -0.2) is 0 Å². The molecule has 1 atom stereocenters. The number of para-hydroxylation sites is 1. The van der Waals surface area contributed by atoms with E-state index in [1.807, 2.05) is 0 Å². The van der Waals surface area contributed by atoms with Gasteiger partial charge in [-0.15, -0.1) is 0 Å². The van der Waals surface area contributed by atoms with Crippen molar-refractivity contribution in [3.05, 3.63) is 76.5 Å². The highest BCUT2D eigenvalue weighted by atomic mass is 14.7. The summed E-state index contributed by atoms with van der Waals surface area (Å²) in [5, 5.41) is 1.38. The largest absolute Gasteiger partial charge is 0.355 e. The van der Waals surface area contributed by atoms with Gasteiger partial charge < -0.3 is 4.98 Å². The summed E-state index contributed by atoms with van der Waals surface area (Å²) >= 11 is 0. The maximum Gasteiger partial charge on any atom is 0.0461 e. The van der Waals surface area contributed by atoms with Crippen molar-refractivity contribution < 1.29 is 0 Å². The van der Waals surface area contributed by atoms with Crippen molar-refractivity contribution in [1.82, 2.24) is 4.98 Å². The van der Waals surface area contributed by atoms with Crippen LogP contribution in [0.3, 0.4) is 0 Å². The summed E-state index contributed by atoms with van der Waals surface area (Å²) in [4.78, 5) is 3.63. The van der Waals surface area contributed by atoms with Crippen LogP contribution in [0.2, 0.25) is 0 Å². The maximum absolute atomic E-state index is 3.63. The molecule has 0 radical (unpaired) electrons. The zero-order valence-electron chi connectivity index (χ0n) is 13.9. The summed E-state index contributed by atoms with van der Waals surface area (Å²) < 4.78 is 0. The molecule has 1 nitrogen and oxygen atoms in total. The van der Waals surface area contributed by atoms with E-state index in [4.69, 9.17) is 0 Å². The Bertz CT molecular complexity index is 986. The predicted molar refractivity (Wildman–Crippen MR) is 96.8 cm³/mol. The number of rotatable bonds is 0. The molecule has 2 aliphatic carbocycles. The minimum Gasteiger partial charge on any atom is -0.355 e. The molecule has 0 amide bonds. The molecule has 114 valence electrons. The quantitative estimate of drug-likeness (QED) is 0.575. The van der Waals surface area contributed by atoms with Crippen LogP contribution >= 0.6 is 0 Å². The van der Waals surface area contributed by atoms with Crippen LogP contribution in [0.15, 0.2) is 54.1 Å². The normalized spacial score (nSPS) is 24.0. The van der Waals surface area contributed by atoms with Crippen LogP contribution in [-0.2, 0) is 17.3 Å². The van der Waals surface area contributed by atoms with Gasteiger partial charge in [-0.1, -0.05) is 63.2 Å². The van der Waals surface area contributed by atoms with E-state index in [-0.39, 0.29) is 10.8 Å². The Kier molecular flexibility index (Phi) is 2.28. The number of fused-ring (bicyclic) bond motifs is 6. The molecule has 0 saturated carbocycles. The summed E-state index contributed by atoms with van der Waals surface area (Å²) in [6, 6.07) is 17.7. The average Bonchev–Trinajstić information content (AvgIpc) is 2.98. The Hall–Kier alpha value is -2.28. The summed E-state index contributed by atoms with van der Waals surface area (Å²) in [5.41, 5.74) is 8.78. The highest BCUT2D eigenvalue weighted by Crippen LogP contribution is 2.57. The molecule has 1 unspecified atom stereocenters. The van der Waals surface area contributed by atoms with Crippen molar-refractivity contribution in [1.29, 1.82) is 0 Å². The first-order valence-electron chi connectivity index (χ1n) is 8.44. The number of benzene rings is 2. The smallest absolute Gasteiger partial charge is 0.0461 e. The third kappa shape index (κ3) is 1.48. The van der Waals surface area contributed by atoms with Gasteiger partial charge >= 0.3 is 0 Å². The molecule has 3 aromatic rings. The van der Waals surface area contributed by atoms with Gasteiger partial charge in [0.25, 0.3) is 0 Å².